The van der Waals surface area contributed by atoms with Gasteiger partial charge in [0.15, 0.2) is 0 Å². The van der Waals surface area contributed by atoms with Gasteiger partial charge in [0.05, 0.1) is 15.5 Å². The highest BCUT2D eigenvalue weighted by molar-refractivity contribution is 7.99. The number of nitrogens with one attached hydrogen (secondary N) is 1. The molecule has 2 saturated heterocycles. The third kappa shape index (κ3) is 6.67. The molecule has 0 saturated carbocycles. The molecule has 3 aromatic rings. The summed E-state index contributed by atoms with van der Waals surface area (Å²) in [4.78, 5) is 12.9. The quantitative estimate of drug-likeness (QED) is 0.330. The molecule has 2 aliphatic heterocycles. The van der Waals surface area contributed by atoms with Gasteiger partial charge >= 0.3 is 0 Å². The molecule has 3 heterocycles. The first kappa shape index (κ1) is 29.7. The van der Waals surface area contributed by atoms with Crippen molar-refractivity contribution in [3.63, 3.8) is 0 Å². The van der Waals surface area contributed by atoms with Crippen LogP contribution in [0.25, 0.3) is 11.5 Å². The van der Waals surface area contributed by atoms with E-state index in [9.17, 15) is 21.6 Å². The summed E-state index contributed by atoms with van der Waals surface area (Å²) in [5.41, 5.74) is 1.05. The fourth-order valence-electron chi connectivity index (χ4n) is 5.10. The van der Waals surface area contributed by atoms with Crippen molar-refractivity contribution in [3.8, 4) is 11.5 Å². The van der Waals surface area contributed by atoms with Gasteiger partial charge in [-0.15, -0.1) is 10.2 Å². The first-order valence-electron chi connectivity index (χ1n) is 13.7. The van der Waals surface area contributed by atoms with Gasteiger partial charge in [-0.05, 0) is 80.6 Å². The summed E-state index contributed by atoms with van der Waals surface area (Å²) in [5.74, 6) is -0.0987. The maximum absolute atomic E-state index is 13.2. The fourth-order valence-corrected chi connectivity index (χ4v) is 8.95. The van der Waals surface area contributed by atoms with Crippen LogP contribution in [0.3, 0.4) is 0 Å². The zero-order chi connectivity index (χ0) is 29.0. The molecule has 1 atom stereocenters. The molecule has 0 radical (unpaired) electrons. The number of rotatable bonds is 10. The summed E-state index contributed by atoms with van der Waals surface area (Å²) in [7, 11) is -7.10. The van der Waals surface area contributed by atoms with Gasteiger partial charge in [0.2, 0.25) is 31.8 Å². The molecule has 2 fully saturated rings. The highest BCUT2D eigenvalue weighted by atomic mass is 32.2. The van der Waals surface area contributed by atoms with Crippen LogP contribution in [-0.2, 0) is 24.8 Å². The lowest BCUT2D eigenvalue weighted by Crippen LogP contribution is -2.43. The Labute approximate surface area is 244 Å². The average Bonchev–Trinajstić information content (AvgIpc) is 3.70. The van der Waals surface area contributed by atoms with E-state index in [1.165, 1.54) is 28.6 Å². The molecular formula is C27H33N5O6S3. The molecule has 1 N–H and O–H groups in total. The number of hydrogen-bond acceptors (Lipinski definition) is 9. The van der Waals surface area contributed by atoms with Crippen LogP contribution in [-0.4, -0.2) is 73.0 Å². The fraction of sp³-hybridized carbons (Fsp3) is 0.444. The first-order chi connectivity index (χ1) is 19.7. The third-order valence-electron chi connectivity index (χ3n) is 7.33. The minimum Gasteiger partial charge on any atom is -0.411 e. The third-order valence-corrected chi connectivity index (χ3v) is 12.0. The molecule has 1 amide bonds. The van der Waals surface area contributed by atoms with E-state index in [1.54, 1.807) is 28.6 Å². The van der Waals surface area contributed by atoms with Crippen LogP contribution in [0.1, 0.15) is 45.4 Å². The number of sulfonamides is 2. The van der Waals surface area contributed by atoms with E-state index in [0.717, 1.165) is 50.3 Å². The second kappa shape index (κ2) is 12.6. The van der Waals surface area contributed by atoms with Crippen LogP contribution in [0.5, 0.6) is 0 Å². The number of piperidine rings is 1. The van der Waals surface area contributed by atoms with Crippen LogP contribution in [0, 0.1) is 0 Å². The van der Waals surface area contributed by atoms with Crippen LogP contribution in [0.15, 0.2) is 68.0 Å². The summed E-state index contributed by atoms with van der Waals surface area (Å²) < 4.78 is 60.5. The number of carbonyl (C=O) groups excluding carboxylic acids is 1. The summed E-state index contributed by atoms with van der Waals surface area (Å²) in [6, 6.07) is 12.5. The van der Waals surface area contributed by atoms with Crippen molar-refractivity contribution in [1.29, 1.82) is 0 Å². The first-order valence-corrected chi connectivity index (χ1v) is 17.5. The van der Waals surface area contributed by atoms with Crippen LogP contribution in [0.4, 0.5) is 5.69 Å². The molecule has 11 nitrogen and oxygen atoms in total. The maximum Gasteiger partial charge on any atom is 0.277 e. The SMILES string of the molecule is CCC1CCCCN1S(=O)(=O)c1ccc(NC(=O)CSc2nnc(-c3ccc(S(=O)(=O)N4CCCC4)cc3)o2)cc1. The summed E-state index contributed by atoms with van der Waals surface area (Å²) in [6.07, 6.45) is 5.29. The number of nitrogens with zero attached hydrogens (tertiary/aromatic N) is 4. The Bertz CT molecular complexity index is 1570. The predicted molar refractivity (Wildman–Crippen MR) is 155 cm³/mol. The van der Waals surface area contributed by atoms with Crippen molar-refractivity contribution < 1.29 is 26.0 Å². The number of amides is 1. The van der Waals surface area contributed by atoms with Gasteiger partial charge in [-0.1, -0.05) is 25.1 Å². The lowest BCUT2D eigenvalue weighted by atomic mass is 10.0. The number of carbonyl (C=O) groups is 1. The standard InChI is InChI=1S/C27H33N5O6S3/c1-2-22-7-3-4-18-32(22)41(36,37)24-14-10-21(11-15-24)28-25(33)19-39-27-30-29-26(38-27)20-8-12-23(13-9-20)40(34,35)31-16-5-6-17-31/h8-15,22H,2-7,16-19H2,1H3,(H,28,33). The summed E-state index contributed by atoms with van der Waals surface area (Å²) in [6.45, 7) is 3.60. The Morgan fingerprint density at radius 2 is 1.54 bits per heavy atom. The zero-order valence-corrected chi connectivity index (χ0v) is 25.2. The molecule has 5 rings (SSSR count). The predicted octanol–water partition coefficient (Wildman–Crippen LogP) is 4.21. The van der Waals surface area contributed by atoms with E-state index >= 15 is 0 Å². The monoisotopic (exact) mass is 619 g/mol. The van der Waals surface area contributed by atoms with E-state index in [4.69, 9.17) is 4.42 Å². The number of hydrogen-bond donors (Lipinski definition) is 1. The second-order valence-corrected chi connectivity index (χ2v) is 14.8. The van der Waals surface area contributed by atoms with Gasteiger partial charge in [0.25, 0.3) is 5.22 Å². The van der Waals surface area contributed by atoms with Crippen molar-refractivity contribution in [2.75, 3.05) is 30.7 Å². The van der Waals surface area contributed by atoms with Crippen LogP contribution < -0.4 is 5.32 Å². The zero-order valence-electron chi connectivity index (χ0n) is 22.7. The highest BCUT2D eigenvalue weighted by Gasteiger charge is 2.32. The molecule has 1 unspecified atom stereocenters. The summed E-state index contributed by atoms with van der Waals surface area (Å²) >= 11 is 1.06. The Morgan fingerprint density at radius 1 is 0.902 bits per heavy atom. The lowest BCUT2D eigenvalue weighted by molar-refractivity contribution is -0.113. The van der Waals surface area contributed by atoms with Gasteiger partial charge < -0.3 is 9.73 Å². The minimum atomic E-state index is -3.59. The number of benzene rings is 2. The van der Waals surface area contributed by atoms with Gasteiger partial charge in [-0.25, -0.2) is 16.8 Å². The highest BCUT2D eigenvalue weighted by Crippen LogP contribution is 2.29. The van der Waals surface area contributed by atoms with Gasteiger partial charge in [0, 0.05) is 36.9 Å². The Kier molecular flexibility index (Phi) is 9.14. The molecule has 2 aliphatic rings. The maximum atomic E-state index is 13.2. The van der Waals surface area contributed by atoms with Crippen molar-refractivity contribution in [2.45, 2.75) is 66.5 Å². The van der Waals surface area contributed by atoms with Crippen LogP contribution in [0.2, 0.25) is 0 Å². The van der Waals surface area contributed by atoms with Crippen molar-refractivity contribution in [1.82, 2.24) is 18.8 Å². The number of anilines is 1. The van der Waals surface area contributed by atoms with E-state index in [2.05, 4.69) is 15.5 Å². The van der Waals surface area contributed by atoms with Gasteiger partial charge in [-0.3, -0.25) is 4.79 Å². The molecule has 220 valence electrons. The van der Waals surface area contributed by atoms with E-state index in [-0.39, 0.29) is 38.6 Å². The Morgan fingerprint density at radius 3 is 2.22 bits per heavy atom. The molecule has 0 bridgehead atoms. The number of thioether (sulfide) groups is 1. The number of aromatic nitrogens is 2. The normalized spacial score (nSPS) is 18.9. The van der Waals surface area contributed by atoms with E-state index < -0.39 is 20.0 Å². The molecule has 0 aliphatic carbocycles. The Hall–Kier alpha value is -2.78. The van der Waals surface area contributed by atoms with Crippen molar-refractivity contribution >= 4 is 43.4 Å². The van der Waals surface area contributed by atoms with E-state index in [0.29, 0.717) is 30.9 Å². The van der Waals surface area contributed by atoms with E-state index in [1.807, 2.05) is 6.92 Å². The molecule has 41 heavy (non-hydrogen) atoms. The molecular weight excluding hydrogens is 587 g/mol. The van der Waals surface area contributed by atoms with Gasteiger partial charge in [-0.2, -0.15) is 8.61 Å². The smallest absolute Gasteiger partial charge is 0.277 e. The van der Waals surface area contributed by atoms with Crippen molar-refractivity contribution in [3.05, 3.63) is 48.5 Å². The van der Waals surface area contributed by atoms with Gasteiger partial charge in [0.1, 0.15) is 0 Å². The topological polar surface area (TPSA) is 143 Å². The Balaban J connectivity index is 1.15. The molecule has 14 heteroatoms. The minimum absolute atomic E-state index is 0.000652. The average molecular weight is 620 g/mol. The lowest BCUT2D eigenvalue weighted by Gasteiger charge is -2.34. The van der Waals surface area contributed by atoms with Crippen LogP contribution >= 0.6 is 11.8 Å². The molecule has 1 aromatic heterocycles. The molecule has 0 spiro atoms. The second-order valence-electron chi connectivity index (χ2n) is 10.0. The molecule has 2 aromatic carbocycles. The summed E-state index contributed by atoms with van der Waals surface area (Å²) in [5, 5.41) is 10.9. The largest absolute Gasteiger partial charge is 0.411 e. The van der Waals surface area contributed by atoms with Crippen molar-refractivity contribution in [2.24, 2.45) is 0 Å².